The molecule has 0 unspecified atom stereocenters. The Bertz CT molecular complexity index is 2950. The normalized spacial score (nSPS) is 14.3. The number of aromatic nitrogens is 5. The van der Waals surface area contributed by atoms with Crippen LogP contribution in [0.1, 0.15) is 79.7 Å². The van der Waals surface area contributed by atoms with E-state index >= 15 is 4.79 Å². The second kappa shape index (κ2) is 16.0. The molecule has 0 saturated carbocycles. The van der Waals surface area contributed by atoms with Crippen LogP contribution < -0.4 is 14.4 Å². The molecule has 0 saturated heterocycles. The Morgan fingerprint density at radius 2 is 1.68 bits per heavy atom. The molecule has 8 rings (SSSR count). The number of carbonyl (C=O) groups excluding carboxylic acids is 1. The molecule has 1 aliphatic rings. The van der Waals surface area contributed by atoms with Gasteiger partial charge in [-0.15, -0.1) is 13.2 Å². The van der Waals surface area contributed by atoms with E-state index in [-0.39, 0.29) is 35.4 Å². The molecule has 1 aliphatic heterocycles. The summed E-state index contributed by atoms with van der Waals surface area (Å²) >= 11 is 13.5. The Morgan fingerprint density at radius 3 is 2.32 bits per heavy atom. The van der Waals surface area contributed by atoms with E-state index in [4.69, 9.17) is 27.9 Å². The minimum Gasteiger partial charge on any atom is -0.494 e. The first-order chi connectivity index (χ1) is 29.3. The van der Waals surface area contributed by atoms with E-state index in [1.807, 2.05) is 77.4 Å². The van der Waals surface area contributed by atoms with Crippen molar-refractivity contribution in [1.82, 2.24) is 23.9 Å². The third-order valence-electron chi connectivity index (χ3n) is 11.5. The molecular formula is C46H43Cl2F3N6O5. The van der Waals surface area contributed by atoms with Crippen LogP contribution in [0.2, 0.25) is 10.0 Å². The quantitative estimate of drug-likeness (QED) is 0.129. The molecule has 5 heterocycles. The number of nitrogens with zero attached hydrogens (tertiary/aromatic N) is 6. The monoisotopic (exact) mass is 886 g/mol. The minimum atomic E-state index is -5.07. The van der Waals surface area contributed by atoms with Gasteiger partial charge in [0.2, 0.25) is 0 Å². The van der Waals surface area contributed by atoms with Gasteiger partial charge in [0.25, 0.3) is 5.91 Å². The number of aromatic carboxylic acids is 1. The van der Waals surface area contributed by atoms with Crippen molar-refractivity contribution in [2.45, 2.75) is 73.3 Å². The Morgan fingerprint density at radius 1 is 0.952 bits per heavy atom. The zero-order valence-electron chi connectivity index (χ0n) is 35.0. The molecule has 62 heavy (non-hydrogen) atoms. The Labute approximate surface area is 365 Å². The molecule has 3 aromatic carbocycles. The fourth-order valence-electron chi connectivity index (χ4n) is 8.89. The summed E-state index contributed by atoms with van der Waals surface area (Å²) < 4.78 is 57.6. The molecule has 11 nitrogen and oxygen atoms in total. The molecule has 0 spiro atoms. The predicted octanol–water partition coefficient (Wildman–Crippen LogP) is 11.1. The molecule has 0 bridgehead atoms. The van der Waals surface area contributed by atoms with Gasteiger partial charge in [-0.2, -0.15) is 5.10 Å². The van der Waals surface area contributed by atoms with Crippen LogP contribution in [0.3, 0.4) is 0 Å². The summed E-state index contributed by atoms with van der Waals surface area (Å²) in [5.74, 6) is -1.74. The third-order valence-corrected chi connectivity index (χ3v) is 12.5. The van der Waals surface area contributed by atoms with Gasteiger partial charge in [0.1, 0.15) is 22.9 Å². The zero-order chi connectivity index (χ0) is 44.5. The van der Waals surface area contributed by atoms with E-state index < -0.39 is 30.0 Å². The van der Waals surface area contributed by atoms with E-state index in [1.54, 1.807) is 23.0 Å². The first kappa shape index (κ1) is 42.7. The summed E-state index contributed by atoms with van der Waals surface area (Å²) in [5.41, 5.74) is 8.17. The van der Waals surface area contributed by atoms with Gasteiger partial charge < -0.3 is 28.6 Å². The number of amides is 1. The summed E-state index contributed by atoms with van der Waals surface area (Å²) in [6, 6.07) is 14.2. The molecule has 322 valence electrons. The molecule has 16 heteroatoms. The molecule has 1 atom stereocenters. The van der Waals surface area contributed by atoms with Crippen LogP contribution in [-0.4, -0.2) is 60.4 Å². The molecular weight excluding hydrogens is 844 g/mol. The molecule has 0 aliphatic carbocycles. The van der Waals surface area contributed by atoms with E-state index in [9.17, 15) is 23.1 Å². The van der Waals surface area contributed by atoms with Gasteiger partial charge in [0, 0.05) is 64.5 Å². The number of hydrogen-bond acceptors (Lipinski definition) is 6. The topological polar surface area (TPSA) is 117 Å². The van der Waals surface area contributed by atoms with E-state index in [0.717, 1.165) is 56.7 Å². The van der Waals surface area contributed by atoms with Gasteiger partial charge in [-0.3, -0.25) is 14.5 Å². The van der Waals surface area contributed by atoms with E-state index in [0.29, 0.717) is 57.8 Å². The lowest BCUT2D eigenvalue weighted by molar-refractivity contribution is -0.274. The number of carboxylic acid groups (broad SMARTS) is 1. The van der Waals surface area contributed by atoms with Gasteiger partial charge in [-0.05, 0) is 119 Å². The van der Waals surface area contributed by atoms with Crippen LogP contribution in [0, 0.1) is 34.6 Å². The van der Waals surface area contributed by atoms with Gasteiger partial charge in [0.05, 0.1) is 46.3 Å². The Kier molecular flexibility index (Phi) is 11.0. The number of aryl methyl sites for hydroxylation is 6. The highest BCUT2D eigenvalue weighted by Crippen LogP contribution is 2.46. The number of ether oxygens (including phenoxy) is 2. The van der Waals surface area contributed by atoms with Crippen molar-refractivity contribution in [3.63, 3.8) is 0 Å². The third kappa shape index (κ3) is 7.63. The number of hydrogen-bond donors (Lipinski definition) is 1. The van der Waals surface area contributed by atoms with Gasteiger partial charge in [-0.1, -0.05) is 29.3 Å². The summed E-state index contributed by atoms with van der Waals surface area (Å²) in [6.45, 7) is 11.7. The van der Waals surface area contributed by atoms with Gasteiger partial charge in [0.15, 0.2) is 0 Å². The van der Waals surface area contributed by atoms with Crippen molar-refractivity contribution < 1.29 is 37.3 Å². The lowest BCUT2D eigenvalue weighted by Gasteiger charge is -2.35. The molecule has 1 N–H and O–H groups in total. The first-order valence-electron chi connectivity index (χ1n) is 20.0. The molecule has 0 radical (unpaired) electrons. The van der Waals surface area contributed by atoms with Crippen molar-refractivity contribution in [3.05, 3.63) is 122 Å². The Hall–Kier alpha value is -5.99. The number of benzene rings is 3. The van der Waals surface area contributed by atoms with Gasteiger partial charge in [-0.25, -0.2) is 4.79 Å². The number of fused-ring (bicyclic) bond motifs is 4. The SMILES string of the molecule is Cc1ccnc(Cn2c(C(=O)O)cc3cc(OC(F)(F)F)cc(N4C[C@@H](C)n5c(c(CCCOc6cc(C)c(Cl)c(C)c6)c6ccc(Cl)c(-c7c(C)nn(C)c7C)c65)C4=O)c32)c1. The second-order valence-electron chi connectivity index (χ2n) is 15.9. The number of halogens is 5. The largest absolute Gasteiger partial charge is 0.573 e. The number of alkyl halides is 3. The second-order valence-corrected chi connectivity index (χ2v) is 16.7. The van der Waals surface area contributed by atoms with Crippen molar-refractivity contribution in [3.8, 4) is 22.6 Å². The fourth-order valence-corrected chi connectivity index (χ4v) is 9.24. The minimum absolute atomic E-state index is 0.00520. The average molecular weight is 888 g/mol. The van der Waals surface area contributed by atoms with Crippen molar-refractivity contribution >= 4 is 62.6 Å². The highest BCUT2D eigenvalue weighted by molar-refractivity contribution is 6.35. The molecule has 4 aromatic heterocycles. The maximum Gasteiger partial charge on any atom is 0.573 e. The number of anilines is 1. The number of pyridine rings is 1. The Balaban J connectivity index is 1.33. The first-order valence-corrected chi connectivity index (χ1v) is 20.7. The van der Waals surface area contributed by atoms with Crippen LogP contribution in [0.4, 0.5) is 18.9 Å². The maximum atomic E-state index is 15.5. The van der Waals surface area contributed by atoms with Crippen LogP contribution >= 0.6 is 23.2 Å². The summed E-state index contributed by atoms with van der Waals surface area (Å²) in [4.78, 5) is 34.2. The maximum absolute atomic E-state index is 15.5. The number of carboxylic acids is 1. The fraction of sp³-hybridized carbons (Fsp3) is 0.304. The number of rotatable bonds is 11. The van der Waals surface area contributed by atoms with Crippen molar-refractivity contribution in [1.29, 1.82) is 0 Å². The lowest BCUT2D eigenvalue weighted by Crippen LogP contribution is -2.43. The van der Waals surface area contributed by atoms with Crippen LogP contribution in [-0.2, 0) is 20.0 Å². The standard InChI is InChI=1S/C46H43Cl2F3N6O5/c1-23-12-13-52-30(15-23)22-55-37(45(59)60)19-29-18-32(62-46(49,50)51)20-36(41(29)55)56-21-26(4)57-42-34(10-11-35(47)39(42)38-27(5)53-54(7)28(38)6)33(43(57)44(56)58)9-8-14-61-31-16-24(2)40(48)25(3)17-31/h10-13,15-20,26H,8-9,14,21-22H2,1-7H3,(H,59,60)/t26-/m1/s1. The highest BCUT2D eigenvalue weighted by atomic mass is 35.5. The molecule has 7 aromatic rings. The number of carbonyl (C=O) groups is 2. The summed E-state index contributed by atoms with van der Waals surface area (Å²) in [5, 5.41) is 17.2. The predicted molar refractivity (Wildman–Crippen MR) is 233 cm³/mol. The smallest absolute Gasteiger partial charge is 0.494 e. The van der Waals surface area contributed by atoms with E-state index in [2.05, 4.69) is 14.8 Å². The van der Waals surface area contributed by atoms with Crippen LogP contribution in [0.5, 0.6) is 11.5 Å². The average Bonchev–Trinajstić information content (AvgIpc) is 3.81. The van der Waals surface area contributed by atoms with Gasteiger partial charge >= 0.3 is 12.3 Å². The highest BCUT2D eigenvalue weighted by Gasteiger charge is 2.39. The molecule has 0 fully saturated rings. The molecule has 1 amide bonds. The van der Waals surface area contributed by atoms with E-state index in [1.165, 1.54) is 15.5 Å². The van der Waals surface area contributed by atoms with Crippen molar-refractivity contribution in [2.75, 3.05) is 18.1 Å². The summed E-state index contributed by atoms with van der Waals surface area (Å²) in [7, 11) is 1.85. The summed E-state index contributed by atoms with van der Waals surface area (Å²) in [6.07, 6.45) is -2.60. The van der Waals surface area contributed by atoms with Crippen molar-refractivity contribution in [2.24, 2.45) is 7.05 Å². The van der Waals surface area contributed by atoms with Crippen LogP contribution in [0.25, 0.3) is 32.9 Å². The zero-order valence-corrected chi connectivity index (χ0v) is 36.6. The lowest BCUT2D eigenvalue weighted by atomic mass is 9.98. The van der Waals surface area contributed by atoms with Crippen LogP contribution in [0.15, 0.2) is 60.8 Å².